The van der Waals surface area contributed by atoms with Gasteiger partial charge in [0.1, 0.15) is 12.3 Å². The summed E-state index contributed by atoms with van der Waals surface area (Å²) in [6, 6.07) is 0. The maximum Gasteiger partial charge on any atom is 0.314 e. The van der Waals surface area contributed by atoms with E-state index in [1.54, 1.807) is 0 Å². The number of esters is 1. The van der Waals surface area contributed by atoms with E-state index in [2.05, 4.69) is 4.74 Å². The van der Waals surface area contributed by atoms with Crippen molar-refractivity contribution in [3.05, 3.63) is 0 Å². The van der Waals surface area contributed by atoms with Crippen molar-refractivity contribution in [1.82, 2.24) is 0 Å². The lowest BCUT2D eigenvalue weighted by Gasteiger charge is -2.08. The number of hydrogen-bond donors (Lipinski definition) is 2. The third-order valence-electron chi connectivity index (χ3n) is 1.65. The van der Waals surface area contributed by atoms with Gasteiger partial charge in [-0.1, -0.05) is 0 Å². The third-order valence-corrected chi connectivity index (χ3v) is 1.65. The average Bonchev–Trinajstić information content (AvgIpc) is 2.13. The Kier molecular flexibility index (Phi) is 5.47. The molecule has 1 unspecified atom stereocenters. The number of aliphatic hydroxyl groups excluding tert-OH is 1. The Balaban J connectivity index is 4.29. The summed E-state index contributed by atoms with van der Waals surface area (Å²) in [6.07, 6.45) is -0.765. The lowest BCUT2D eigenvalue weighted by atomic mass is 9.98. The number of aliphatic carboxylic acids is 1. The van der Waals surface area contributed by atoms with Gasteiger partial charge in [0, 0.05) is 6.61 Å². The first-order chi connectivity index (χ1) is 6.52. The zero-order valence-electron chi connectivity index (χ0n) is 7.73. The van der Waals surface area contributed by atoms with Crippen LogP contribution < -0.4 is 0 Å². The zero-order chi connectivity index (χ0) is 11.1. The average molecular weight is 204 g/mol. The van der Waals surface area contributed by atoms with E-state index >= 15 is 0 Å². The summed E-state index contributed by atoms with van der Waals surface area (Å²) in [5.74, 6) is -4.20. The van der Waals surface area contributed by atoms with E-state index in [-0.39, 0.29) is 6.42 Å². The summed E-state index contributed by atoms with van der Waals surface area (Å²) in [4.78, 5) is 32.3. The molecule has 0 saturated carbocycles. The number of rotatable bonds is 6. The number of ketones is 1. The largest absolute Gasteiger partial charge is 0.481 e. The zero-order valence-corrected chi connectivity index (χ0v) is 7.73. The maximum atomic E-state index is 11.2. The monoisotopic (exact) mass is 204 g/mol. The molecule has 0 amide bonds. The van der Waals surface area contributed by atoms with Crippen molar-refractivity contribution in [1.29, 1.82) is 0 Å². The Morgan fingerprint density at radius 2 is 1.93 bits per heavy atom. The molecule has 0 aromatic rings. The van der Waals surface area contributed by atoms with Gasteiger partial charge in [-0.25, -0.2) is 0 Å². The normalized spacial score (nSPS) is 11.9. The molecule has 1 atom stereocenters. The van der Waals surface area contributed by atoms with Crippen molar-refractivity contribution < 1.29 is 29.3 Å². The number of hydrogen-bond acceptors (Lipinski definition) is 5. The van der Waals surface area contributed by atoms with Crippen molar-refractivity contribution in [2.75, 3.05) is 13.7 Å². The Hall–Kier alpha value is -1.43. The maximum absolute atomic E-state index is 11.2. The van der Waals surface area contributed by atoms with Crippen LogP contribution in [0.3, 0.4) is 0 Å². The Morgan fingerprint density at radius 3 is 2.29 bits per heavy atom. The predicted molar refractivity (Wildman–Crippen MR) is 44.5 cm³/mol. The molecule has 0 fully saturated rings. The molecular weight excluding hydrogens is 192 g/mol. The van der Waals surface area contributed by atoms with Gasteiger partial charge in [0.2, 0.25) is 0 Å². The smallest absolute Gasteiger partial charge is 0.314 e. The first-order valence-electron chi connectivity index (χ1n) is 3.96. The fourth-order valence-electron chi connectivity index (χ4n) is 0.889. The van der Waals surface area contributed by atoms with Gasteiger partial charge in [0.15, 0.2) is 5.78 Å². The van der Waals surface area contributed by atoms with Crippen LogP contribution in [0.15, 0.2) is 0 Å². The molecule has 6 nitrogen and oxygen atoms in total. The first kappa shape index (κ1) is 12.6. The predicted octanol–water partition coefficient (Wildman–Crippen LogP) is -0.798. The first-order valence-corrected chi connectivity index (χ1v) is 3.96. The van der Waals surface area contributed by atoms with E-state index in [0.717, 1.165) is 7.11 Å². The van der Waals surface area contributed by atoms with Crippen LogP contribution in [-0.2, 0) is 19.1 Å². The van der Waals surface area contributed by atoms with Gasteiger partial charge in [-0.3, -0.25) is 14.4 Å². The molecule has 0 aliphatic carbocycles. The minimum absolute atomic E-state index is 0.189. The highest BCUT2D eigenvalue weighted by Crippen LogP contribution is 2.07. The highest BCUT2D eigenvalue weighted by Gasteiger charge is 2.27. The summed E-state index contributed by atoms with van der Waals surface area (Å²) < 4.78 is 4.21. The number of Topliss-reactive ketones (excluding diaryl/α,β-unsaturated/α-hetero) is 1. The highest BCUT2D eigenvalue weighted by molar-refractivity contribution is 6.05. The van der Waals surface area contributed by atoms with Gasteiger partial charge in [0.05, 0.1) is 7.11 Å². The summed E-state index contributed by atoms with van der Waals surface area (Å²) in [6.45, 7) is -0.413. The highest BCUT2D eigenvalue weighted by atomic mass is 16.5. The Bertz CT molecular complexity index is 234. The molecule has 80 valence electrons. The van der Waals surface area contributed by atoms with Crippen molar-refractivity contribution in [3.63, 3.8) is 0 Å². The lowest BCUT2D eigenvalue weighted by Crippen LogP contribution is -2.27. The second-order valence-electron chi connectivity index (χ2n) is 2.62. The molecule has 0 aromatic heterocycles. The van der Waals surface area contributed by atoms with E-state index in [9.17, 15) is 14.4 Å². The molecule has 0 rings (SSSR count). The number of carbonyl (C=O) groups is 3. The summed E-state index contributed by atoms with van der Waals surface area (Å²) in [5.41, 5.74) is 0. The summed E-state index contributed by atoms with van der Waals surface area (Å²) >= 11 is 0. The van der Waals surface area contributed by atoms with E-state index < -0.39 is 36.7 Å². The Morgan fingerprint density at radius 1 is 1.36 bits per heavy atom. The fourth-order valence-corrected chi connectivity index (χ4v) is 0.889. The van der Waals surface area contributed by atoms with Crippen LogP contribution in [0, 0.1) is 5.92 Å². The molecule has 0 heterocycles. The van der Waals surface area contributed by atoms with Gasteiger partial charge in [-0.05, 0) is 6.42 Å². The molecular formula is C8H12O6. The van der Waals surface area contributed by atoms with Gasteiger partial charge in [-0.2, -0.15) is 0 Å². The van der Waals surface area contributed by atoms with Gasteiger partial charge in [-0.15, -0.1) is 0 Å². The third kappa shape index (κ3) is 3.99. The molecule has 0 bridgehead atoms. The minimum atomic E-state index is -1.34. The van der Waals surface area contributed by atoms with Crippen LogP contribution in [0.2, 0.25) is 0 Å². The Labute approximate surface area is 80.5 Å². The fraction of sp³-hybridized carbons (Fsp3) is 0.625. The number of carboxylic acid groups (broad SMARTS) is 1. The van der Waals surface area contributed by atoms with Crippen molar-refractivity contribution >= 4 is 17.7 Å². The van der Waals surface area contributed by atoms with Crippen LogP contribution in [0.1, 0.15) is 12.8 Å². The minimum Gasteiger partial charge on any atom is -0.481 e. The van der Waals surface area contributed by atoms with Crippen molar-refractivity contribution in [2.24, 2.45) is 5.92 Å². The van der Waals surface area contributed by atoms with Crippen LogP contribution in [-0.4, -0.2) is 41.7 Å². The number of ether oxygens (including phenoxy) is 1. The van der Waals surface area contributed by atoms with Gasteiger partial charge in [0.25, 0.3) is 0 Å². The van der Waals surface area contributed by atoms with E-state index in [1.807, 2.05) is 0 Å². The van der Waals surface area contributed by atoms with Crippen LogP contribution >= 0.6 is 0 Å². The second kappa shape index (κ2) is 6.09. The number of methoxy groups -OCH3 is 1. The molecule has 0 spiro atoms. The summed E-state index contributed by atoms with van der Waals surface area (Å²) in [5, 5.41) is 17.1. The second-order valence-corrected chi connectivity index (χ2v) is 2.62. The number of carboxylic acids is 1. The molecule has 0 aliphatic heterocycles. The van der Waals surface area contributed by atoms with Crippen LogP contribution in [0.4, 0.5) is 0 Å². The van der Waals surface area contributed by atoms with Crippen molar-refractivity contribution in [3.8, 4) is 0 Å². The molecule has 6 heteroatoms. The molecule has 0 saturated heterocycles. The van der Waals surface area contributed by atoms with E-state index in [4.69, 9.17) is 10.2 Å². The molecule has 2 N–H and O–H groups in total. The van der Waals surface area contributed by atoms with Crippen molar-refractivity contribution in [2.45, 2.75) is 12.8 Å². The topological polar surface area (TPSA) is 101 Å². The number of carbonyl (C=O) groups excluding carboxylic acids is 2. The quantitative estimate of drug-likeness (QED) is 0.434. The molecule has 0 radical (unpaired) electrons. The van der Waals surface area contributed by atoms with E-state index in [1.165, 1.54) is 0 Å². The SMILES string of the molecule is COC(=O)CC(=O)C(CCO)C(=O)O. The summed E-state index contributed by atoms with van der Waals surface area (Å²) in [7, 11) is 1.11. The molecule has 0 aromatic carbocycles. The standard InChI is InChI=1S/C8H12O6/c1-14-7(11)4-6(10)5(2-3-9)8(12)13/h5,9H,2-4H2,1H3,(H,12,13). The number of aliphatic hydroxyl groups is 1. The van der Waals surface area contributed by atoms with Gasteiger partial charge >= 0.3 is 11.9 Å². The molecule has 14 heavy (non-hydrogen) atoms. The van der Waals surface area contributed by atoms with Gasteiger partial charge < -0.3 is 14.9 Å². The van der Waals surface area contributed by atoms with E-state index in [0.29, 0.717) is 0 Å². The molecule has 0 aliphatic rings. The van der Waals surface area contributed by atoms with Crippen LogP contribution in [0.25, 0.3) is 0 Å². The lowest BCUT2D eigenvalue weighted by molar-refractivity contribution is -0.149. The van der Waals surface area contributed by atoms with Crippen LogP contribution in [0.5, 0.6) is 0 Å².